The van der Waals surface area contributed by atoms with Crippen LogP contribution in [0.15, 0.2) is 6.07 Å². The number of nitrogen functional groups attached to an aromatic ring is 1. The van der Waals surface area contributed by atoms with Gasteiger partial charge in [0.1, 0.15) is 17.2 Å². The maximum Gasteiger partial charge on any atom is 0.418 e. The van der Waals surface area contributed by atoms with E-state index in [0.29, 0.717) is 31.9 Å². The van der Waals surface area contributed by atoms with Crippen LogP contribution in [0.5, 0.6) is 11.8 Å². The van der Waals surface area contributed by atoms with Crippen molar-refractivity contribution in [1.82, 2.24) is 19.9 Å². The van der Waals surface area contributed by atoms with Gasteiger partial charge >= 0.3 is 12.2 Å². The van der Waals surface area contributed by atoms with Crippen molar-refractivity contribution in [3.05, 3.63) is 28.0 Å². The van der Waals surface area contributed by atoms with Gasteiger partial charge in [-0.15, -0.1) is 0 Å². The number of aromatic nitrogens is 3. The zero-order valence-electron chi connectivity index (χ0n) is 24.3. The smallest absolute Gasteiger partial charge is 0.418 e. The Labute approximate surface area is 251 Å². The average molecular weight is 625 g/mol. The van der Waals surface area contributed by atoms with Gasteiger partial charge in [0.2, 0.25) is 0 Å². The van der Waals surface area contributed by atoms with E-state index >= 15 is 4.39 Å². The number of fused-ring (bicyclic) bond motifs is 1. The number of nitrogens with two attached hydrogens (primary N) is 1. The lowest BCUT2D eigenvalue weighted by Crippen LogP contribution is -2.41. The van der Waals surface area contributed by atoms with E-state index in [1.54, 1.807) is 0 Å². The molecule has 3 aromatic rings. The number of halogens is 5. The molecular weight excluding hydrogens is 592 g/mol. The molecule has 0 radical (unpaired) electrons. The monoisotopic (exact) mass is 624 g/mol. The van der Waals surface area contributed by atoms with Crippen molar-refractivity contribution in [2.45, 2.75) is 51.4 Å². The molecule has 1 atom stereocenters. The van der Waals surface area contributed by atoms with Crippen molar-refractivity contribution in [3.63, 3.8) is 0 Å². The van der Waals surface area contributed by atoms with Gasteiger partial charge in [-0.1, -0.05) is 11.6 Å². The van der Waals surface area contributed by atoms with Crippen LogP contribution in [0, 0.1) is 18.2 Å². The van der Waals surface area contributed by atoms with Crippen molar-refractivity contribution in [3.8, 4) is 23.0 Å². The highest BCUT2D eigenvalue weighted by Crippen LogP contribution is 2.52. The summed E-state index contributed by atoms with van der Waals surface area (Å²) in [4.78, 5) is 17.1. The van der Waals surface area contributed by atoms with E-state index in [2.05, 4.69) is 9.97 Å². The van der Waals surface area contributed by atoms with Gasteiger partial charge in [0.15, 0.2) is 11.6 Å². The van der Waals surface area contributed by atoms with E-state index in [9.17, 15) is 13.2 Å². The third-order valence-electron chi connectivity index (χ3n) is 8.53. The van der Waals surface area contributed by atoms with E-state index in [0.717, 1.165) is 18.9 Å². The molecule has 14 heteroatoms. The molecule has 2 N–H and O–H groups in total. The normalized spacial score (nSPS) is 23.3. The summed E-state index contributed by atoms with van der Waals surface area (Å²) in [6.45, 7) is 5.41. The first-order valence-electron chi connectivity index (χ1n) is 14.1. The van der Waals surface area contributed by atoms with Crippen molar-refractivity contribution >= 4 is 34.1 Å². The molecule has 43 heavy (non-hydrogen) atoms. The molecule has 0 spiro atoms. The zero-order valence-corrected chi connectivity index (χ0v) is 25.1. The Bertz CT molecular complexity index is 1580. The van der Waals surface area contributed by atoms with Crippen LogP contribution in [-0.2, 0) is 10.9 Å². The van der Waals surface area contributed by atoms with E-state index in [1.165, 1.54) is 6.92 Å². The molecule has 2 bridgehead atoms. The minimum absolute atomic E-state index is 0.0176. The van der Waals surface area contributed by atoms with Gasteiger partial charge in [-0.2, -0.15) is 23.1 Å². The standard InChI is InChI=1S/C29H33ClF4N6O3/c1-14-9-17(35)36-23(20(14)29(32,33)34)18-21(30)25-19-24(22(18)31)37-27(43-13-28-10-16(11-28)42-12-28)38-26(19)40(7-6-39(3)4)15(2)5-8-41-25/h9,15-16H,5-8,10-13H2,1-4H3,(H2,35,36)/t15-,16?,28?/m1/s1. The fraction of sp³-hybridized carbons (Fsp3) is 0.552. The summed E-state index contributed by atoms with van der Waals surface area (Å²) in [7, 11) is 3.87. The summed E-state index contributed by atoms with van der Waals surface area (Å²) in [5, 5.41) is -0.208. The number of likely N-dealkylation sites (N-methyl/N-ethyl adjacent to an activating group) is 1. The predicted molar refractivity (Wildman–Crippen MR) is 154 cm³/mol. The summed E-state index contributed by atoms with van der Waals surface area (Å²) in [5.41, 5.74) is 2.73. The second-order valence-electron chi connectivity index (χ2n) is 12.1. The third-order valence-corrected chi connectivity index (χ3v) is 8.89. The number of alkyl halides is 3. The van der Waals surface area contributed by atoms with E-state index in [1.807, 2.05) is 30.8 Å². The molecular formula is C29H33ClF4N6O3. The van der Waals surface area contributed by atoms with Gasteiger partial charge in [0.25, 0.3) is 0 Å². The minimum Gasteiger partial charge on any atom is -0.491 e. The summed E-state index contributed by atoms with van der Waals surface area (Å²) in [5.74, 6) is -1.00. The fourth-order valence-electron chi connectivity index (χ4n) is 6.23. The molecule has 3 fully saturated rings. The summed E-state index contributed by atoms with van der Waals surface area (Å²) in [6.07, 6.45) is -2.40. The van der Waals surface area contributed by atoms with Crippen LogP contribution >= 0.6 is 11.6 Å². The first-order chi connectivity index (χ1) is 20.3. The van der Waals surface area contributed by atoms with Crippen LogP contribution in [-0.4, -0.2) is 79.0 Å². The lowest BCUT2D eigenvalue weighted by Gasteiger charge is -2.36. The molecule has 0 amide bonds. The molecule has 1 aromatic carbocycles. The predicted octanol–water partition coefficient (Wildman–Crippen LogP) is 5.49. The average Bonchev–Trinajstić information content (AvgIpc) is 3.49. The molecule has 2 saturated heterocycles. The van der Waals surface area contributed by atoms with E-state index in [-0.39, 0.29) is 69.8 Å². The van der Waals surface area contributed by atoms with Gasteiger partial charge in [0, 0.05) is 31.0 Å². The maximum absolute atomic E-state index is 16.8. The van der Waals surface area contributed by atoms with Crippen LogP contribution < -0.4 is 20.1 Å². The van der Waals surface area contributed by atoms with Gasteiger partial charge in [-0.3, -0.25) is 0 Å². The number of hydrogen-bond acceptors (Lipinski definition) is 9. The van der Waals surface area contributed by atoms with Gasteiger partial charge in [-0.05, 0) is 52.4 Å². The summed E-state index contributed by atoms with van der Waals surface area (Å²) in [6, 6.07) is 0.910. The summed E-state index contributed by atoms with van der Waals surface area (Å²) < 4.78 is 77.6. The van der Waals surface area contributed by atoms with Crippen LogP contribution in [0.2, 0.25) is 5.02 Å². The first-order valence-corrected chi connectivity index (χ1v) is 14.5. The number of benzene rings is 1. The Morgan fingerprint density at radius 1 is 1.23 bits per heavy atom. The largest absolute Gasteiger partial charge is 0.491 e. The SMILES string of the molecule is Cc1cc(N)nc(-c2c(Cl)c3c4c(nc(OCC56COC(C5)C6)nc4c2F)N(CCN(C)C)[C@H](C)CCO3)c1C(F)(F)F. The van der Waals surface area contributed by atoms with Crippen molar-refractivity contribution in [2.24, 2.45) is 5.41 Å². The zero-order chi connectivity index (χ0) is 30.8. The van der Waals surface area contributed by atoms with Crippen molar-refractivity contribution < 1.29 is 31.8 Å². The topological polar surface area (TPSA) is 98.9 Å². The molecule has 3 aliphatic heterocycles. The number of anilines is 2. The number of pyridine rings is 1. The number of ether oxygens (including phenoxy) is 3. The summed E-state index contributed by atoms with van der Waals surface area (Å²) >= 11 is 6.77. The minimum atomic E-state index is -4.87. The molecule has 232 valence electrons. The Balaban J connectivity index is 1.60. The van der Waals surface area contributed by atoms with E-state index < -0.39 is 28.8 Å². The maximum atomic E-state index is 16.8. The molecule has 5 heterocycles. The lowest BCUT2D eigenvalue weighted by atomic mass is 9.71. The number of hydrogen-bond donors (Lipinski definition) is 1. The highest BCUT2D eigenvalue weighted by molar-refractivity contribution is 6.36. The lowest BCUT2D eigenvalue weighted by molar-refractivity contribution is -0.137. The molecule has 9 nitrogen and oxygen atoms in total. The van der Waals surface area contributed by atoms with Crippen LogP contribution in [0.1, 0.15) is 37.3 Å². The van der Waals surface area contributed by atoms with E-state index in [4.69, 9.17) is 36.5 Å². The van der Waals surface area contributed by atoms with Crippen LogP contribution in [0.3, 0.4) is 0 Å². The van der Waals surface area contributed by atoms with Gasteiger partial charge < -0.3 is 29.7 Å². The Hall–Kier alpha value is -3.16. The number of rotatable bonds is 7. The number of aryl methyl sites for hydroxylation is 1. The highest BCUT2D eigenvalue weighted by Gasteiger charge is 2.52. The second kappa shape index (κ2) is 10.8. The Morgan fingerprint density at radius 3 is 2.63 bits per heavy atom. The molecule has 1 aliphatic carbocycles. The fourth-order valence-corrected chi connectivity index (χ4v) is 6.55. The molecule has 4 aliphatic rings. The molecule has 0 unspecified atom stereocenters. The van der Waals surface area contributed by atoms with Crippen molar-refractivity contribution in [2.75, 3.05) is 57.6 Å². The molecule has 1 saturated carbocycles. The Morgan fingerprint density at radius 2 is 1.98 bits per heavy atom. The second-order valence-corrected chi connectivity index (χ2v) is 12.5. The number of nitrogens with zero attached hydrogens (tertiary/aromatic N) is 5. The first kappa shape index (κ1) is 29.9. The van der Waals surface area contributed by atoms with Crippen LogP contribution in [0.4, 0.5) is 29.2 Å². The third kappa shape index (κ3) is 5.29. The van der Waals surface area contributed by atoms with Gasteiger partial charge in [-0.25, -0.2) is 9.37 Å². The Kier molecular flexibility index (Phi) is 7.49. The molecule has 2 aromatic heterocycles. The van der Waals surface area contributed by atoms with Crippen molar-refractivity contribution in [1.29, 1.82) is 0 Å². The van der Waals surface area contributed by atoms with Crippen LogP contribution in [0.25, 0.3) is 22.2 Å². The van der Waals surface area contributed by atoms with Gasteiger partial charge in [0.05, 0.1) is 53.2 Å². The molecule has 7 rings (SSSR count). The quantitative estimate of drug-likeness (QED) is 0.342. The highest BCUT2D eigenvalue weighted by atomic mass is 35.5.